The van der Waals surface area contributed by atoms with E-state index in [0.29, 0.717) is 5.75 Å². The van der Waals surface area contributed by atoms with Crippen molar-refractivity contribution in [2.45, 2.75) is 5.09 Å². The molecule has 1 amide bonds. The van der Waals surface area contributed by atoms with Crippen LogP contribution >= 0.6 is 0 Å². The second kappa shape index (κ2) is 8.51. The number of benzene rings is 2. The summed E-state index contributed by atoms with van der Waals surface area (Å²) in [6, 6.07) is 19.5. The van der Waals surface area contributed by atoms with Gasteiger partial charge in [0.25, 0.3) is 5.91 Å². The summed E-state index contributed by atoms with van der Waals surface area (Å²) in [6.07, 6.45) is 1.10. The first kappa shape index (κ1) is 19.3. The molecule has 0 saturated carbocycles. The normalized spacial score (nSPS) is 11.5. The highest BCUT2D eigenvalue weighted by Crippen LogP contribution is 2.21. The molecule has 1 heterocycles. The summed E-state index contributed by atoms with van der Waals surface area (Å²) in [5, 5.41) is 3.02. The molecule has 2 aromatic carbocycles. The first-order valence-electron chi connectivity index (χ1n) is 8.09. The lowest BCUT2D eigenvalue weighted by atomic mass is 10.1. The van der Waals surface area contributed by atoms with Crippen molar-refractivity contribution >= 4 is 22.2 Å². The molecule has 3 aromatic rings. The summed E-state index contributed by atoms with van der Waals surface area (Å²) in [6.45, 7) is -0.254. The van der Waals surface area contributed by atoms with Crippen molar-refractivity contribution in [2.24, 2.45) is 5.10 Å². The monoisotopic (exact) mass is 400 g/mol. The Kier molecular flexibility index (Phi) is 5.87. The van der Waals surface area contributed by atoms with Gasteiger partial charge < -0.3 is 9.15 Å². The Morgan fingerprint density at radius 2 is 1.71 bits per heavy atom. The second-order valence-corrected chi connectivity index (χ2v) is 6.96. The molecule has 1 aromatic heterocycles. The van der Waals surface area contributed by atoms with Crippen LogP contribution in [0.3, 0.4) is 0 Å². The molecule has 0 fully saturated rings. The van der Waals surface area contributed by atoms with Crippen molar-refractivity contribution < 1.29 is 26.9 Å². The lowest BCUT2D eigenvalue weighted by Gasteiger charge is -2.06. The van der Waals surface area contributed by atoms with Gasteiger partial charge in [-0.1, -0.05) is 42.5 Å². The molecule has 0 atom stereocenters. The number of carbonyl (C=O) groups excluding carboxylic acids is 1. The van der Waals surface area contributed by atoms with Gasteiger partial charge in [-0.2, -0.15) is 13.5 Å². The number of carbonyl (C=O) groups is 1. The zero-order valence-electron chi connectivity index (χ0n) is 14.5. The maximum absolute atomic E-state index is 11.7. The van der Waals surface area contributed by atoms with Crippen LogP contribution in [0.1, 0.15) is 5.76 Å². The highest BCUT2D eigenvalue weighted by molar-refractivity contribution is 7.85. The molecule has 144 valence electrons. The molecule has 0 aliphatic rings. The zero-order chi connectivity index (χ0) is 20.0. The van der Waals surface area contributed by atoms with Crippen molar-refractivity contribution in [2.75, 3.05) is 6.61 Å². The van der Waals surface area contributed by atoms with Crippen LogP contribution in [0.25, 0.3) is 11.1 Å². The Morgan fingerprint density at radius 3 is 2.36 bits per heavy atom. The summed E-state index contributed by atoms with van der Waals surface area (Å²) in [5.74, 6) is 0.0675. The van der Waals surface area contributed by atoms with Gasteiger partial charge in [0.2, 0.25) is 5.09 Å². The highest BCUT2D eigenvalue weighted by atomic mass is 32.2. The fourth-order valence-electron chi connectivity index (χ4n) is 2.27. The van der Waals surface area contributed by atoms with Crippen molar-refractivity contribution in [1.29, 1.82) is 0 Å². The number of nitrogens with zero attached hydrogens (tertiary/aromatic N) is 1. The van der Waals surface area contributed by atoms with E-state index in [4.69, 9.17) is 13.7 Å². The first-order valence-corrected chi connectivity index (χ1v) is 9.53. The first-order chi connectivity index (χ1) is 13.4. The fourth-order valence-corrected chi connectivity index (χ4v) is 2.71. The number of rotatable bonds is 7. The topological polar surface area (TPSA) is 118 Å². The molecule has 8 nitrogen and oxygen atoms in total. The smallest absolute Gasteiger partial charge is 0.328 e. The number of hydrogen-bond acceptors (Lipinski definition) is 6. The number of furan rings is 1. The molecular formula is C19H16N2O6S. The largest absolute Gasteiger partial charge is 0.484 e. The number of amides is 1. The fraction of sp³-hybridized carbons (Fsp3) is 0.0526. The van der Waals surface area contributed by atoms with E-state index in [9.17, 15) is 13.2 Å². The molecule has 28 heavy (non-hydrogen) atoms. The van der Waals surface area contributed by atoms with Crippen molar-refractivity contribution in [3.8, 4) is 16.9 Å². The van der Waals surface area contributed by atoms with Crippen LogP contribution in [0.4, 0.5) is 0 Å². The van der Waals surface area contributed by atoms with Gasteiger partial charge in [-0.15, -0.1) is 0 Å². The quantitative estimate of drug-likeness (QED) is 0.358. The van der Waals surface area contributed by atoms with E-state index in [1.165, 1.54) is 6.07 Å². The summed E-state index contributed by atoms with van der Waals surface area (Å²) in [7, 11) is -4.42. The molecule has 0 bridgehead atoms. The predicted octanol–water partition coefficient (Wildman–Crippen LogP) is 2.72. The van der Waals surface area contributed by atoms with Gasteiger partial charge in [0.15, 0.2) is 6.61 Å². The Labute approximate surface area is 161 Å². The molecule has 0 saturated heterocycles. The molecule has 3 rings (SSSR count). The third-order valence-electron chi connectivity index (χ3n) is 3.57. The van der Waals surface area contributed by atoms with Crippen LogP contribution in [-0.4, -0.2) is 31.7 Å². The van der Waals surface area contributed by atoms with E-state index in [1.54, 1.807) is 12.1 Å². The lowest BCUT2D eigenvalue weighted by Crippen LogP contribution is -2.24. The lowest BCUT2D eigenvalue weighted by molar-refractivity contribution is -0.123. The summed E-state index contributed by atoms with van der Waals surface area (Å²) in [4.78, 5) is 11.7. The van der Waals surface area contributed by atoms with Crippen LogP contribution in [0.15, 0.2) is 81.3 Å². The average Bonchev–Trinajstić information content (AvgIpc) is 3.17. The summed E-state index contributed by atoms with van der Waals surface area (Å²) >= 11 is 0. The third kappa shape index (κ3) is 5.29. The minimum absolute atomic E-state index is 0.0466. The van der Waals surface area contributed by atoms with Crippen molar-refractivity contribution in [1.82, 2.24) is 5.43 Å². The van der Waals surface area contributed by atoms with E-state index in [1.807, 2.05) is 42.5 Å². The maximum Gasteiger partial charge on any atom is 0.328 e. The predicted molar refractivity (Wildman–Crippen MR) is 102 cm³/mol. The van der Waals surface area contributed by atoms with Crippen LogP contribution in [0, 0.1) is 0 Å². The second-order valence-electron chi connectivity index (χ2n) is 5.60. The van der Waals surface area contributed by atoms with E-state index >= 15 is 0 Å². The van der Waals surface area contributed by atoms with E-state index < -0.39 is 21.1 Å². The van der Waals surface area contributed by atoms with Crippen LogP contribution in [-0.2, 0) is 14.9 Å². The average molecular weight is 400 g/mol. The van der Waals surface area contributed by atoms with E-state index in [2.05, 4.69) is 10.5 Å². The SMILES string of the molecule is O=C(COc1ccc(-c2ccccc2)cc1)N/N=C/c1ccc(S(=O)(=O)O)o1. The standard InChI is InChI=1S/C19H16N2O6S/c22-18(21-20-12-17-10-11-19(27-17)28(23,24)25)13-26-16-8-6-15(7-9-16)14-4-2-1-3-5-14/h1-12H,13H2,(H,21,22)(H,23,24,25)/b20-12+. The van der Waals surface area contributed by atoms with Crippen molar-refractivity contribution in [3.05, 3.63) is 72.5 Å². The van der Waals surface area contributed by atoms with Crippen LogP contribution in [0.5, 0.6) is 5.75 Å². The maximum atomic E-state index is 11.7. The Bertz CT molecular complexity index is 1070. The summed E-state index contributed by atoms with van der Waals surface area (Å²) < 4.78 is 40.8. The van der Waals surface area contributed by atoms with Crippen LogP contribution in [0.2, 0.25) is 0 Å². The Hall–Kier alpha value is -3.43. The molecule has 0 aliphatic carbocycles. The van der Waals surface area contributed by atoms with Gasteiger partial charge in [0.1, 0.15) is 11.5 Å². The van der Waals surface area contributed by atoms with Gasteiger partial charge in [0, 0.05) is 0 Å². The zero-order valence-corrected chi connectivity index (χ0v) is 15.3. The van der Waals surface area contributed by atoms with Crippen LogP contribution < -0.4 is 10.2 Å². The van der Waals surface area contributed by atoms with E-state index in [0.717, 1.165) is 23.4 Å². The molecular weight excluding hydrogens is 384 g/mol. The highest BCUT2D eigenvalue weighted by Gasteiger charge is 2.14. The number of hydrazone groups is 1. The molecule has 9 heteroatoms. The Balaban J connectivity index is 1.48. The summed E-state index contributed by atoms with van der Waals surface area (Å²) in [5.41, 5.74) is 4.33. The number of ether oxygens (including phenoxy) is 1. The van der Waals surface area contributed by atoms with Crippen molar-refractivity contribution in [3.63, 3.8) is 0 Å². The van der Waals surface area contributed by atoms with Gasteiger partial charge in [-0.25, -0.2) is 5.43 Å². The minimum atomic E-state index is -4.42. The molecule has 0 unspecified atom stereocenters. The van der Waals surface area contributed by atoms with Gasteiger partial charge in [-0.05, 0) is 35.4 Å². The number of hydrogen-bond donors (Lipinski definition) is 2. The molecule has 0 spiro atoms. The third-order valence-corrected chi connectivity index (χ3v) is 4.30. The minimum Gasteiger partial charge on any atom is -0.484 e. The van der Waals surface area contributed by atoms with E-state index in [-0.39, 0.29) is 12.4 Å². The molecule has 0 aliphatic heterocycles. The number of nitrogens with one attached hydrogen (secondary N) is 1. The molecule has 0 radical (unpaired) electrons. The van der Waals surface area contributed by atoms with Gasteiger partial charge in [-0.3, -0.25) is 9.35 Å². The van der Waals surface area contributed by atoms with Gasteiger partial charge in [0.05, 0.1) is 6.21 Å². The molecule has 2 N–H and O–H groups in total. The Morgan fingerprint density at radius 1 is 1.04 bits per heavy atom. The van der Waals surface area contributed by atoms with Gasteiger partial charge >= 0.3 is 10.1 Å².